The van der Waals surface area contributed by atoms with Gasteiger partial charge in [-0.1, -0.05) is 17.7 Å². The molecule has 1 saturated heterocycles. The molecule has 1 aliphatic heterocycles. The van der Waals surface area contributed by atoms with Crippen molar-refractivity contribution in [1.29, 1.82) is 0 Å². The molecule has 7 nitrogen and oxygen atoms in total. The molecule has 0 bridgehead atoms. The molecule has 2 heterocycles. The molecule has 3 aromatic rings. The monoisotopic (exact) mass is 459 g/mol. The fourth-order valence-corrected chi connectivity index (χ4v) is 4.09. The fourth-order valence-electron chi connectivity index (χ4n) is 3.22. The van der Waals surface area contributed by atoms with Crippen LogP contribution < -0.4 is 15.5 Å². The van der Waals surface area contributed by atoms with Crippen LogP contribution in [0, 0.1) is 5.82 Å². The summed E-state index contributed by atoms with van der Waals surface area (Å²) >= 11 is 7.23. The van der Waals surface area contributed by atoms with Gasteiger partial charge in [0.05, 0.1) is 0 Å². The van der Waals surface area contributed by atoms with Gasteiger partial charge >= 0.3 is 6.03 Å². The molecule has 3 amide bonds. The average Bonchev–Trinajstić information content (AvgIpc) is 3.23. The maximum atomic E-state index is 12.9. The molecular formula is C21H19ClFN5O2S. The molecule has 0 aliphatic carbocycles. The van der Waals surface area contributed by atoms with Gasteiger partial charge in [0.25, 0.3) is 5.91 Å². The highest BCUT2D eigenvalue weighted by Crippen LogP contribution is 2.22. The summed E-state index contributed by atoms with van der Waals surface area (Å²) in [5.74, 6) is -0.559. The first-order valence-corrected chi connectivity index (χ1v) is 10.8. The van der Waals surface area contributed by atoms with Crippen molar-refractivity contribution in [1.82, 2.24) is 9.88 Å². The lowest BCUT2D eigenvalue weighted by atomic mass is 10.2. The van der Waals surface area contributed by atoms with E-state index in [4.69, 9.17) is 11.6 Å². The molecule has 4 rings (SSSR count). The first-order chi connectivity index (χ1) is 15.0. The van der Waals surface area contributed by atoms with Crippen molar-refractivity contribution in [2.45, 2.75) is 0 Å². The zero-order valence-electron chi connectivity index (χ0n) is 16.3. The topological polar surface area (TPSA) is 77.6 Å². The number of thiazole rings is 1. The third-order valence-corrected chi connectivity index (χ3v) is 5.78. The predicted molar refractivity (Wildman–Crippen MR) is 121 cm³/mol. The maximum absolute atomic E-state index is 12.9. The Morgan fingerprint density at radius 1 is 1.03 bits per heavy atom. The lowest BCUT2D eigenvalue weighted by Crippen LogP contribution is -2.48. The highest BCUT2D eigenvalue weighted by Gasteiger charge is 2.24. The summed E-state index contributed by atoms with van der Waals surface area (Å²) in [4.78, 5) is 33.0. The van der Waals surface area contributed by atoms with Crippen molar-refractivity contribution < 1.29 is 14.0 Å². The highest BCUT2D eigenvalue weighted by atomic mass is 35.5. The summed E-state index contributed by atoms with van der Waals surface area (Å²) < 4.78 is 12.9. The molecule has 0 spiro atoms. The Morgan fingerprint density at radius 3 is 2.48 bits per heavy atom. The van der Waals surface area contributed by atoms with Gasteiger partial charge in [-0.05, 0) is 42.5 Å². The quantitative estimate of drug-likeness (QED) is 0.600. The molecule has 0 saturated carbocycles. The summed E-state index contributed by atoms with van der Waals surface area (Å²) in [6.07, 6.45) is 0. The lowest BCUT2D eigenvalue weighted by Gasteiger charge is -2.35. The predicted octanol–water partition coefficient (Wildman–Crippen LogP) is 4.54. The Labute approximate surface area is 187 Å². The van der Waals surface area contributed by atoms with Crippen LogP contribution >= 0.6 is 22.9 Å². The minimum atomic E-state index is -0.518. The van der Waals surface area contributed by atoms with Gasteiger partial charge in [0.15, 0.2) is 5.13 Å². The first-order valence-electron chi connectivity index (χ1n) is 9.57. The van der Waals surface area contributed by atoms with Gasteiger partial charge < -0.3 is 15.1 Å². The van der Waals surface area contributed by atoms with Crippen molar-refractivity contribution in [3.05, 3.63) is 70.4 Å². The van der Waals surface area contributed by atoms with Crippen molar-refractivity contribution >= 4 is 51.4 Å². The third kappa shape index (κ3) is 5.31. The standard InChI is InChI=1S/C21H19ClFN5O2S/c22-14-2-1-3-17(12-14)27-8-10-28(11-9-27)19(29)18-13-31-21(25-18)26-20(30)24-16-6-4-15(23)5-7-16/h1-7,12-13H,8-11H2,(H2,24,25,26,30). The van der Waals surface area contributed by atoms with E-state index in [-0.39, 0.29) is 11.7 Å². The number of aromatic nitrogens is 1. The number of hydrogen-bond donors (Lipinski definition) is 2. The minimum Gasteiger partial charge on any atom is -0.368 e. The molecule has 160 valence electrons. The number of carbonyl (C=O) groups excluding carboxylic acids is 2. The van der Waals surface area contributed by atoms with E-state index in [1.165, 1.54) is 35.6 Å². The zero-order valence-corrected chi connectivity index (χ0v) is 17.9. The number of piperazine rings is 1. The number of urea groups is 1. The van der Waals surface area contributed by atoms with E-state index < -0.39 is 6.03 Å². The van der Waals surface area contributed by atoms with Gasteiger partial charge in [0, 0.05) is 48.0 Å². The molecule has 31 heavy (non-hydrogen) atoms. The van der Waals surface area contributed by atoms with Gasteiger partial charge in [0.2, 0.25) is 0 Å². The molecule has 1 aliphatic rings. The minimum absolute atomic E-state index is 0.172. The van der Waals surface area contributed by atoms with Crippen molar-refractivity contribution in [3.8, 4) is 0 Å². The van der Waals surface area contributed by atoms with Crippen LogP contribution in [0.15, 0.2) is 53.9 Å². The largest absolute Gasteiger partial charge is 0.368 e. The molecule has 1 fully saturated rings. The van der Waals surface area contributed by atoms with Gasteiger partial charge in [-0.15, -0.1) is 11.3 Å². The van der Waals surface area contributed by atoms with Crippen LogP contribution in [0.3, 0.4) is 0 Å². The number of halogens is 2. The summed E-state index contributed by atoms with van der Waals surface area (Å²) in [5, 5.41) is 7.79. The van der Waals surface area contributed by atoms with Crippen LogP contribution in [-0.4, -0.2) is 48.0 Å². The van der Waals surface area contributed by atoms with Gasteiger partial charge in [0.1, 0.15) is 11.5 Å². The Morgan fingerprint density at radius 2 is 1.77 bits per heavy atom. The van der Waals surface area contributed by atoms with Gasteiger partial charge in [-0.3, -0.25) is 10.1 Å². The number of anilines is 3. The molecule has 0 radical (unpaired) electrons. The summed E-state index contributed by atoms with van der Waals surface area (Å²) in [5.41, 5.74) is 1.77. The van der Waals surface area contributed by atoms with Crippen LogP contribution in [0.4, 0.5) is 25.7 Å². The van der Waals surface area contributed by atoms with Crippen molar-refractivity contribution in [2.75, 3.05) is 41.7 Å². The number of rotatable bonds is 4. The lowest BCUT2D eigenvalue weighted by molar-refractivity contribution is 0.0741. The molecule has 1 aromatic heterocycles. The molecule has 0 atom stereocenters. The van der Waals surface area contributed by atoms with Crippen LogP contribution in [-0.2, 0) is 0 Å². The van der Waals surface area contributed by atoms with E-state index in [0.717, 1.165) is 5.69 Å². The van der Waals surface area contributed by atoms with Gasteiger partial charge in [-0.25, -0.2) is 14.2 Å². The Bertz CT molecular complexity index is 1080. The number of amides is 3. The number of nitrogens with zero attached hydrogens (tertiary/aromatic N) is 3. The van der Waals surface area contributed by atoms with Gasteiger partial charge in [-0.2, -0.15) is 0 Å². The van der Waals surface area contributed by atoms with E-state index in [9.17, 15) is 14.0 Å². The van der Waals surface area contributed by atoms with Crippen LogP contribution in [0.1, 0.15) is 10.5 Å². The zero-order chi connectivity index (χ0) is 21.8. The Balaban J connectivity index is 1.31. The van der Waals surface area contributed by atoms with E-state index in [1.54, 1.807) is 10.3 Å². The van der Waals surface area contributed by atoms with E-state index in [2.05, 4.69) is 20.5 Å². The molecule has 2 aromatic carbocycles. The molecular weight excluding hydrogens is 441 g/mol. The number of carbonyl (C=O) groups is 2. The maximum Gasteiger partial charge on any atom is 0.325 e. The van der Waals surface area contributed by atoms with Crippen LogP contribution in [0.5, 0.6) is 0 Å². The second-order valence-electron chi connectivity index (χ2n) is 6.88. The first kappa shape index (κ1) is 21.1. The average molecular weight is 460 g/mol. The van der Waals surface area contributed by atoms with Crippen LogP contribution in [0.2, 0.25) is 5.02 Å². The van der Waals surface area contributed by atoms with Crippen LogP contribution in [0.25, 0.3) is 0 Å². The second kappa shape index (κ2) is 9.32. The highest BCUT2D eigenvalue weighted by molar-refractivity contribution is 7.14. The smallest absolute Gasteiger partial charge is 0.325 e. The summed E-state index contributed by atoms with van der Waals surface area (Å²) in [6, 6.07) is 12.5. The normalized spacial score (nSPS) is 13.7. The molecule has 2 N–H and O–H groups in total. The molecule has 10 heteroatoms. The number of benzene rings is 2. The molecule has 0 unspecified atom stereocenters. The Kier molecular flexibility index (Phi) is 6.34. The second-order valence-corrected chi connectivity index (χ2v) is 8.18. The third-order valence-electron chi connectivity index (χ3n) is 4.79. The van der Waals surface area contributed by atoms with E-state index >= 15 is 0 Å². The Hall–Kier alpha value is -3.17. The SMILES string of the molecule is O=C(Nc1ccc(F)cc1)Nc1nc(C(=O)N2CCN(c3cccc(Cl)c3)CC2)cs1. The number of nitrogens with one attached hydrogen (secondary N) is 2. The van der Waals surface area contributed by atoms with Crippen molar-refractivity contribution in [3.63, 3.8) is 0 Å². The van der Waals surface area contributed by atoms with E-state index in [1.807, 2.05) is 24.3 Å². The fraction of sp³-hybridized carbons (Fsp3) is 0.190. The van der Waals surface area contributed by atoms with E-state index in [0.29, 0.717) is 47.7 Å². The summed E-state index contributed by atoms with van der Waals surface area (Å²) in [6.45, 7) is 2.52. The number of hydrogen-bond acceptors (Lipinski definition) is 5. The summed E-state index contributed by atoms with van der Waals surface area (Å²) in [7, 11) is 0. The van der Waals surface area contributed by atoms with Crippen molar-refractivity contribution in [2.24, 2.45) is 0 Å².